The molecule has 3 fully saturated rings. The van der Waals surface area contributed by atoms with Crippen LogP contribution in [0, 0.1) is 11.8 Å². The molecule has 6 atom stereocenters. The van der Waals surface area contributed by atoms with Crippen LogP contribution < -0.4 is 0 Å². The van der Waals surface area contributed by atoms with E-state index in [1.807, 2.05) is 4.90 Å². The van der Waals surface area contributed by atoms with Gasteiger partial charge in [0.1, 0.15) is 6.04 Å². The fourth-order valence-electron chi connectivity index (χ4n) is 6.59. The van der Waals surface area contributed by atoms with Gasteiger partial charge in [0.05, 0.1) is 16.6 Å². The van der Waals surface area contributed by atoms with Crippen molar-refractivity contribution < 1.29 is 19.5 Å². The first-order chi connectivity index (χ1) is 16.6. The predicted octanol–water partition coefficient (Wildman–Crippen LogP) is 3.09. The van der Waals surface area contributed by atoms with Gasteiger partial charge in [-0.3, -0.25) is 14.4 Å². The average Bonchev–Trinajstić information content (AvgIpc) is 3.38. The minimum Gasteiger partial charge on any atom is -0.396 e. The Kier molecular flexibility index (Phi) is 8.79. The van der Waals surface area contributed by atoms with Crippen LogP contribution in [0.15, 0.2) is 25.3 Å². The SMILES string of the molecule is C=CCN(C)C(=O)[C@@H]1[C@H]2C(=O)N(CCCCO)C(C(=O)N(CC=C)C(C)CCC)C23CC[C@@]1(C)S3. The summed E-state index contributed by atoms with van der Waals surface area (Å²) in [4.78, 5) is 47.3. The summed E-state index contributed by atoms with van der Waals surface area (Å²) in [6.45, 7) is 15.2. The van der Waals surface area contributed by atoms with Crippen molar-refractivity contribution in [1.82, 2.24) is 14.7 Å². The van der Waals surface area contributed by atoms with E-state index in [-0.39, 0.29) is 35.1 Å². The van der Waals surface area contributed by atoms with Gasteiger partial charge in [0.15, 0.2) is 0 Å². The second kappa shape index (κ2) is 11.1. The predicted molar refractivity (Wildman–Crippen MR) is 141 cm³/mol. The van der Waals surface area contributed by atoms with Gasteiger partial charge >= 0.3 is 0 Å². The number of likely N-dealkylation sites (N-methyl/N-ethyl adjacent to an activating group) is 1. The number of rotatable bonds is 13. The Bertz CT molecular complexity index is 850. The van der Waals surface area contributed by atoms with Gasteiger partial charge in [0, 0.05) is 44.1 Å². The maximum Gasteiger partial charge on any atom is 0.247 e. The lowest BCUT2D eigenvalue weighted by Gasteiger charge is -2.39. The molecule has 3 heterocycles. The number of carbonyl (C=O) groups is 3. The van der Waals surface area contributed by atoms with Crippen LogP contribution in [0.2, 0.25) is 0 Å². The first-order valence-electron chi connectivity index (χ1n) is 13.0. The number of hydrogen-bond donors (Lipinski definition) is 1. The lowest BCUT2D eigenvalue weighted by Crippen LogP contribution is -2.56. The number of aliphatic hydroxyl groups is 1. The van der Waals surface area contributed by atoms with E-state index in [4.69, 9.17) is 0 Å². The fourth-order valence-corrected chi connectivity index (χ4v) is 8.94. The van der Waals surface area contributed by atoms with Gasteiger partial charge in [0.2, 0.25) is 17.7 Å². The highest BCUT2D eigenvalue weighted by atomic mass is 32.2. The van der Waals surface area contributed by atoms with Gasteiger partial charge < -0.3 is 19.8 Å². The van der Waals surface area contributed by atoms with E-state index >= 15 is 0 Å². The summed E-state index contributed by atoms with van der Waals surface area (Å²) in [5.74, 6) is -1.12. The maximum absolute atomic E-state index is 14.3. The largest absolute Gasteiger partial charge is 0.396 e. The third kappa shape index (κ3) is 4.68. The molecule has 3 aliphatic heterocycles. The molecule has 0 aromatic carbocycles. The molecule has 7 nitrogen and oxygen atoms in total. The molecule has 196 valence electrons. The van der Waals surface area contributed by atoms with Crippen molar-refractivity contribution in [3.63, 3.8) is 0 Å². The minimum atomic E-state index is -0.608. The lowest BCUT2D eigenvalue weighted by molar-refractivity contribution is -0.145. The van der Waals surface area contributed by atoms with Crippen molar-refractivity contribution in [1.29, 1.82) is 0 Å². The van der Waals surface area contributed by atoms with Crippen molar-refractivity contribution in [2.45, 2.75) is 80.9 Å². The van der Waals surface area contributed by atoms with Crippen LogP contribution >= 0.6 is 11.8 Å². The minimum absolute atomic E-state index is 0.0324. The number of amides is 3. The quantitative estimate of drug-likeness (QED) is 0.307. The van der Waals surface area contributed by atoms with Crippen molar-refractivity contribution in [3.8, 4) is 0 Å². The van der Waals surface area contributed by atoms with Crippen molar-refractivity contribution >= 4 is 29.5 Å². The third-order valence-electron chi connectivity index (χ3n) is 8.21. The van der Waals surface area contributed by atoms with E-state index in [9.17, 15) is 19.5 Å². The van der Waals surface area contributed by atoms with Crippen LogP contribution in [0.3, 0.4) is 0 Å². The molecule has 1 N–H and O–H groups in total. The number of hydrogen-bond acceptors (Lipinski definition) is 5. The monoisotopic (exact) mass is 505 g/mol. The number of unbranched alkanes of at least 4 members (excludes halogenated alkanes) is 1. The fraction of sp³-hybridized carbons (Fsp3) is 0.741. The second-order valence-electron chi connectivity index (χ2n) is 10.6. The summed E-state index contributed by atoms with van der Waals surface area (Å²) in [6.07, 6.45) is 8.03. The summed E-state index contributed by atoms with van der Waals surface area (Å²) >= 11 is 1.71. The number of likely N-dealkylation sites (tertiary alicyclic amines) is 1. The molecule has 8 heteroatoms. The van der Waals surface area contributed by atoms with E-state index in [1.54, 1.807) is 40.8 Å². The van der Waals surface area contributed by atoms with Crippen molar-refractivity contribution in [2.75, 3.05) is 33.3 Å². The van der Waals surface area contributed by atoms with Crippen molar-refractivity contribution in [3.05, 3.63) is 25.3 Å². The standard InChI is InChI=1S/C27H43N3O4S/c1-7-12-19(4)29(16-9-3)25(34)22-27-14-13-26(5,35-27)20(23(32)28(6)15-8-2)21(27)24(33)30(22)17-10-11-18-31/h8-9,19-22,31H,2-3,7,10-18H2,1,4-6H3/t19?,20-,21-,22?,26+,27?/m0/s1. The molecule has 3 aliphatic rings. The topological polar surface area (TPSA) is 81.2 Å². The molecule has 2 bridgehead atoms. The van der Waals surface area contributed by atoms with Crippen LogP contribution in [0.1, 0.15) is 59.3 Å². The molecule has 3 amide bonds. The number of thioether (sulfide) groups is 1. The third-order valence-corrected chi connectivity index (χ3v) is 10.2. The van der Waals surface area contributed by atoms with Crippen molar-refractivity contribution in [2.24, 2.45) is 11.8 Å². The Hall–Kier alpha value is -1.80. The zero-order valence-electron chi connectivity index (χ0n) is 21.9. The summed E-state index contributed by atoms with van der Waals surface area (Å²) < 4.78 is -0.982. The highest BCUT2D eigenvalue weighted by molar-refractivity contribution is 8.02. The van der Waals surface area contributed by atoms with E-state index in [2.05, 4.69) is 33.9 Å². The van der Waals surface area contributed by atoms with Gasteiger partial charge in [-0.25, -0.2) is 0 Å². The first-order valence-corrected chi connectivity index (χ1v) is 13.8. The molecule has 0 radical (unpaired) electrons. The molecule has 0 aromatic rings. The van der Waals surface area contributed by atoms with Crippen LogP contribution in [-0.4, -0.2) is 92.4 Å². The highest BCUT2D eigenvalue weighted by Gasteiger charge is 2.77. The Balaban J connectivity index is 2.05. The zero-order chi connectivity index (χ0) is 26.0. The van der Waals surface area contributed by atoms with E-state index in [0.717, 1.165) is 25.7 Å². The van der Waals surface area contributed by atoms with Crippen LogP contribution in [-0.2, 0) is 14.4 Å². The van der Waals surface area contributed by atoms with Gasteiger partial charge in [-0.1, -0.05) is 25.5 Å². The first kappa shape index (κ1) is 27.8. The number of nitrogens with zero attached hydrogens (tertiary/aromatic N) is 3. The highest BCUT2D eigenvalue weighted by Crippen LogP contribution is 2.71. The lowest BCUT2D eigenvalue weighted by atomic mass is 9.66. The molecule has 35 heavy (non-hydrogen) atoms. The smallest absolute Gasteiger partial charge is 0.247 e. The summed E-state index contributed by atoms with van der Waals surface area (Å²) in [5, 5.41) is 9.34. The maximum atomic E-state index is 14.3. The summed E-state index contributed by atoms with van der Waals surface area (Å²) in [6, 6.07) is -0.571. The Morgan fingerprint density at radius 2 is 1.91 bits per heavy atom. The molecular weight excluding hydrogens is 462 g/mol. The molecule has 3 rings (SSSR count). The van der Waals surface area contributed by atoms with E-state index in [0.29, 0.717) is 32.5 Å². The Labute approximate surface area is 215 Å². The molecule has 0 aliphatic carbocycles. The normalized spacial score (nSPS) is 31.9. The van der Waals surface area contributed by atoms with Gasteiger partial charge in [-0.15, -0.1) is 24.9 Å². The molecule has 0 saturated carbocycles. The number of carbonyl (C=O) groups excluding carboxylic acids is 3. The molecule has 1 spiro atoms. The van der Waals surface area contributed by atoms with E-state index in [1.165, 1.54) is 0 Å². The molecule has 3 unspecified atom stereocenters. The molecule has 0 aromatic heterocycles. The van der Waals surface area contributed by atoms with Gasteiger partial charge in [-0.2, -0.15) is 0 Å². The molecule has 3 saturated heterocycles. The average molecular weight is 506 g/mol. The summed E-state index contributed by atoms with van der Waals surface area (Å²) in [5.41, 5.74) is 0. The van der Waals surface area contributed by atoms with Crippen LogP contribution in [0.4, 0.5) is 0 Å². The summed E-state index contributed by atoms with van der Waals surface area (Å²) in [7, 11) is 1.76. The van der Waals surface area contributed by atoms with Crippen LogP contribution in [0.5, 0.6) is 0 Å². The van der Waals surface area contributed by atoms with Crippen LogP contribution in [0.25, 0.3) is 0 Å². The number of fused-ring (bicyclic) bond motifs is 1. The number of aliphatic hydroxyl groups excluding tert-OH is 1. The van der Waals surface area contributed by atoms with Gasteiger partial charge in [-0.05, 0) is 46.0 Å². The van der Waals surface area contributed by atoms with E-state index < -0.39 is 22.6 Å². The Morgan fingerprint density at radius 1 is 1.23 bits per heavy atom. The zero-order valence-corrected chi connectivity index (χ0v) is 22.7. The van der Waals surface area contributed by atoms with Gasteiger partial charge in [0.25, 0.3) is 0 Å². The Morgan fingerprint density at radius 3 is 2.51 bits per heavy atom. The molecular formula is C27H43N3O4S. The second-order valence-corrected chi connectivity index (χ2v) is 12.5.